The molecule has 5 nitrogen and oxygen atoms in total. The molecule has 0 spiro atoms. The van der Waals surface area contributed by atoms with Crippen molar-refractivity contribution in [2.45, 2.75) is 51.5 Å². The quantitative estimate of drug-likeness (QED) is 0.855. The number of ether oxygens (including phenoxy) is 2. The molecule has 1 amide bonds. The van der Waals surface area contributed by atoms with Crippen LogP contribution >= 0.6 is 0 Å². The highest BCUT2D eigenvalue weighted by molar-refractivity contribution is 5.68. The standard InChI is InChI=1S/C19H29FN2O3/c1-19(2,3)25-18(23)22-11-9-16(17(14-22)24-12-10-20)21-13-15-7-5-4-6-8-15/h4-8,16-17,21H,9-14H2,1-3H3/t16-,17+/m0/s1. The van der Waals surface area contributed by atoms with Crippen LogP contribution in [0.25, 0.3) is 0 Å². The molecule has 1 aliphatic heterocycles. The monoisotopic (exact) mass is 352 g/mol. The number of hydrogen-bond acceptors (Lipinski definition) is 4. The summed E-state index contributed by atoms with van der Waals surface area (Å²) in [5.74, 6) is 0. The zero-order valence-corrected chi connectivity index (χ0v) is 15.3. The summed E-state index contributed by atoms with van der Waals surface area (Å²) in [5, 5.41) is 3.48. The molecule has 1 heterocycles. The van der Waals surface area contributed by atoms with Crippen molar-refractivity contribution < 1.29 is 18.7 Å². The highest BCUT2D eigenvalue weighted by atomic mass is 19.1. The van der Waals surface area contributed by atoms with Gasteiger partial charge in [0.25, 0.3) is 0 Å². The Morgan fingerprint density at radius 3 is 2.68 bits per heavy atom. The molecule has 0 aromatic heterocycles. The Morgan fingerprint density at radius 2 is 2.04 bits per heavy atom. The van der Waals surface area contributed by atoms with Gasteiger partial charge in [-0.05, 0) is 32.8 Å². The molecule has 1 N–H and O–H groups in total. The molecule has 0 saturated carbocycles. The first-order valence-electron chi connectivity index (χ1n) is 8.82. The van der Waals surface area contributed by atoms with E-state index in [1.807, 2.05) is 39.0 Å². The van der Waals surface area contributed by atoms with Crippen LogP contribution in [0.4, 0.5) is 9.18 Å². The first-order valence-corrected chi connectivity index (χ1v) is 8.82. The zero-order valence-electron chi connectivity index (χ0n) is 15.3. The maximum Gasteiger partial charge on any atom is 0.410 e. The van der Waals surface area contributed by atoms with Crippen LogP contribution in [0.3, 0.4) is 0 Å². The summed E-state index contributed by atoms with van der Waals surface area (Å²) in [7, 11) is 0. The largest absolute Gasteiger partial charge is 0.444 e. The second-order valence-corrected chi connectivity index (χ2v) is 7.29. The Kier molecular flexibility index (Phi) is 7.20. The molecule has 0 bridgehead atoms. The van der Waals surface area contributed by atoms with Crippen molar-refractivity contribution in [2.75, 3.05) is 26.4 Å². The Hall–Kier alpha value is -1.66. The van der Waals surface area contributed by atoms with Crippen molar-refractivity contribution >= 4 is 6.09 Å². The molecule has 2 atom stereocenters. The van der Waals surface area contributed by atoms with Crippen LogP contribution in [-0.2, 0) is 16.0 Å². The molecule has 0 unspecified atom stereocenters. The van der Waals surface area contributed by atoms with Crippen molar-refractivity contribution in [3.05, 3.63) is 35.9 Å². The number of carbonyl (C=O) groups excluding carboxylic acids is 1. The topological polar surface area (TPSA) is 50.8 Å². The molecular weight excluding hydrogens is 323 g/mol. The van der Waals surface area contributed by atoms with Crippen molar-refractivity contribution in [2.24, 2.45) is 0 Å². The number of amides is 1. The van der Waals surface area contributed by atoms with Crippen LogP contribution in [0, 0.1) is 0 Å². The van der Waals surface area contributed by atoms with E-state index in [1.54, 1.807) is 4.90 Å². The second kappa shape index (κ2) is 9.15. The van der Waals surface area contributed by atoms with Gasteiger partial charge in [0.2, 0.25) is 0 Å². The van der Waals surface area contributed by atoms with Crippen LogP contribution in [0.2, 0.25) is 0 Å². The second-order valence-electron chi connectivity index (χ2n) is 7.29. The van der Waals surface area contributed by atoms with Gasteiger partial charge in [-0.2, -0.15) is 0 Å². The maximum atomic E-state index is 12.6. The van der Waals surface area contributed by atoms with Gasteiger partial charge < -0.3 is 19.7 Å². The minimum atomic E-state index is -0.533. The van der Waals surface area contributed by atoms with Gasteiger partial charge in [-0.25, -0.2) is 9.18 Å². The predicted molar refractivity (Wildman–Crippen MR) is 95.2 cm³/mol. The lowest BCUT2D eigenvalue weighted by Crippen LogP contribution is -2.55. The fourth-order valence-electron chi connectivity index (χ4n) is 2.85. The molecule has 1 aromatic carbocycles. The van der Waals surface area contributed by atoms with E-state index in [4.69, 9.17) is 9.47 Å². The van der Waals surface area contributed by atoms with E-state index >= 15 is 0 Å². The summed E-state index contributed by atoms with van der Waals surface area (Å²) in [6.07, 6.45) is 0.145. The molecule has 1 saturated heterocycles. The van der Waals surface area contributed by atoms with Gasteiger partial charge in [-0.15, -0.1) is 0 Å². The number of halogens is 1. The van der Waals surface area contributed by atoms with Gasteiger partial charge in [0, 0.05) is 19.1 Å². The highest BCUT2D eigenvalue weighted by Crippen LogP contribution is 2.18. The Bertz CT molecular complexity index is 533. The van der Waals surface area contributed by atoms with Crippen LogP contribution in [0.1, 0.15) is 32.8 Å². The van der Waals surface area contributed by atoms with E-state index in [2.05, 4.69) is 17.4 Å². The molecule has 6 heteroatoms. The Labute approximate surface area is 149 Å². The number of alkyl halides is 1. The number of likely N-dealkylation sites (tertiary alicyclic amines) is 1. The highest BCUT2D eigenvalue weighted by Gasteiger charge is 2.33. The summed E-state index contributed by atoms with van der Waals surface area (Å²) in [6, 6.07) is 10.2. The van der Waals surface area contributed by atoms with Crippen molar-refractivity contribution in [3.8, 4) is 0 Å². The van der Waals surface area contributed by atoms with E-state index < -0.39 is 12.3 Å². The van der Waals surface area contributed by atoms with Crippen molar-refractivity contribution in [3.63, 3.8) is 0 Å². The number of nitrogens with zero attached hydrogens (tertiary/aromatic N) is 1. The summed E-state index contributed by atoms with van der Waals surface area (Å²) in [4.78, 5) is 13.9. The zero-order chi connectivity index (χ0) is 18.3. The molecule has 0 radical (unpaired) electrons. The molecule has 25 heavy (non-hydrogen) atoms. The normalized spacial score (nSPS) is 21.2. The molecule has 2 rings (SSSR count). The van der Waals surface area contributed by atoms with Crippen LogP contribution in [0.5, 0.6) is 0 Å². The van der Waals surface area contributed by atoms with Gasteiger partial charge in [-0.1, -0.05) is 30.3 Å². The lowest BCUT2D eigenvalue weighted by atomic mass is 10.0. The molecular formula is C19H29FN2O3. The van der Waals surface area contributed by atoms with E-state index in [0.717, 1.165) is 6.42 Å². The summed E-state index contributed by atoms with van der Waals surface area (Å²) >= 11 is 0. The summed E-state index contributed by atoms with van der Waals surface area (Å²) < 4.78 is 23.6. The summed E-state index contributed by atoms with van der Waals surface area (Å²) in [5.41, 5.74) is 0.649. The average Bonchev–Trinajstić information content (AvgIpc) is 2.58. The van der Waals surface area contributed by atoms with Gasteiger partial charge >= 0.3 is 6.09 Å². The molecule has 140 valence electrons. The fraction of sp³-hybridized carbons (Fsp3) is 0.632. The number of carbonyl (C=O) groups is 1. The van der Waals surface area contributed by atoms with E-state index in [9.17, 15) is 9.18 Å². The van der Waals surface area contributed by atoms with Crippen LogP contribution in [-0.4, -0.2) is 55.1 Å². The first kappa shape index (κ1) is 19.7. The van der Waals surface area contributed by atoms with E-state index in [0.29, 0.717) is 19.6 Å². The Balaban J connectivity index is 1.93. The minimum Gasteiger partial charge on any atom is -0.444 e. The molecule has 1 aromatic rings. The first-order chi connectivity index (χ1) is 11.9. The SMILES string of the molecule is CC(C)(C)OC(=O)N1CC[C@H](NCc2ccccc2)[C@H](OCCF)C1. The third-order valence-electron chi connectivity index (χ3n) is 4.03. The smallest absolute Gasteiger partial charge is 0.410 e. The van der Waals surface area contributed by atoms with Crippen LogP contribution < -0.4 is 5.32 Å². The van der Waals surface area contributed by atoms with Crippen molar-refractivity contribution in [1.29, 1.82) is 0 Å². The summed E-state index contributed by atoms with van der Waals surface area (Å²) in [6.45, 7) is 6.75. The number of nitrogens with one attached hydrogen (secondary N) is 1. The van der Waals surface area contributed by atoms with Crippen molar-refractivity contribution in [1.82, 2.24) is 10.2 Å². The van der Waals surface area contributed by atoms with Gasteiger partial charge in [0.15, 0.2) is 0 Å². The third-order valence-corrected chi connectivity index (χ3v) is 4.03. The maximum absolute atomic E-state index is 12.6. The molecule has 1 aliphatic rings. The minimum absolute atomic E-state index is 0.0380. The lowest BCUT2D eigenvalue weighted by Gasteiger charge is -2.39. The number of benzene rings is 1. The lowest BCUT2D eigenvalue weighted by molar-refractivity contribution is -0.0375. The predicted octanol–water partition coefficient (Wildman–Crippen LogP) is 3.14. The fourth-order valence-corrected chi connectivity index (χ4v) is 2.85. The van der Waals surface area contributed by atoms with Gasteiger partial charge in [0.1, 0.15) is 12.3 Å². The van der Waals surface area contributed by atoms with Crippen LogP contribution in [0.15, 0.2) is 30.3 Å². The Morgan fingerprint density at radius 1 is 1.32 bits per heavy atom. The van der Waals surface area contributed by atoms with Gasteiger partial charge in [0.05, 0.1) is 19.3 Å². The van der Waals surface area contributed by atoms with Gasteiger partial charge in [-0.3, -0.25) is 0 Å². The van der Waals surface area contributed by atoms with E-state index in [1.165, 1.54) is 5.56 Å². The molecule has 1 fully saturated rings. The van der Waals surface area contributed by atoms with E-state index in [-0.39, 0.29) is 24.8 Å². The third kappa shape index (κ3) is 6.63. The molecule has 0 aliphatic carbocycles. The number of rotatable bonds is 6. The average molecular weight is 352 g/mol. The number of hydrogen-bond donors (Lipinski definition) is 1. The number of piperidine rings is 1.